The number of hydrogen-bond donors (Lipinski definition) is 3. The molecule has 0 spiro atoms. The number of carbonyl (C=O) groups excluding carboxylic acids is 1. The van der Waals surface area contributed by atoms with Gasteiger partial charge in [-0.15, -0.1) is 0 Å². The smallest absolute Gasteiger partial charge is 0.490 e. The van der Waals surface area contributed by atoms with Crippen molar-refractivity contribution in [2.45, 2.75) is 12.4 Å². The first-order valence-electron chi connectivity index (χ1n) is 11.7. The number of aromatic nitrogens is 4. The highest BCUT2D eigenvalue weighted by Crippen LogP contribution is 2.38. The van der Waals surface area contributed by atoms with Crippen molar-refractivity contribution < 1.29 is 45.8 Å². The van der Waals surface area contributed by atoms with Crippen LogP contribution in [-0.2, 0) is 18.0 Å². The zero-order valence-electron chi connectivity index (χ0n) is 21.7. The molecule has 0 atom stereocenters. The zero-order valence-corrected chi connectivity index (χ0v) is 23.2. The normalized spacial score (nSPS) is 11.5. The number of carbonyl (C=O) groups is 2. The number of hydrogen-bond acceptors (Lipinski definition) is 6. The number of carboxylic acids is 1. The van der Waals surface area contributed by atoms with E-state index in [0.717, 1.165) is 6.20 Å². The summed E-state index contributed by atoms with van der Waals surface area (Å²) in [6.45, 7) is 0.474. The van der Waals surface area contributed by atoms with Crippen LogP contribution in [0.25, 0.3) is 16.9 Å². The van der Waals surface area contributed by atoms with Crippen LogP contribution in [0, 0.1) is 0 Å². The van der Waals surface area contributed by atoms with Gasteiger partial charge in [0.25, 0.3) is 5.91 Å². The average molecular weight is 653 g/mol. The Balaban J connectivity index is 0.000000646. The summed E-state index contributed by atoms with van der Waals surface area (Å²) in [5.74, 6) is -3.34. The third-order valence-electron chi connectivity index (χ3n) is 5.36. The molecule has 0 saturated heterocycles. The summed E-state index contributed by atoms with van der Waals surface area (Å²) < 4.78 is 81.6. The summed E-state index contributed by atoms with van der Waals surface area (Å²) in [6, 6.07) is 10.2. The van der Waals surface area contributed by atoms with E-state index in [1.807, 2.05) is 0 Å². The molecular weight excluding hydrogens is 633 g/mol. The molecule has 10 nitrogen and oxygen atoms in total. The lowest BCUT2D eigenvalue weighted by Crippen LogP contribution is -2.21. The molecule has 0 bridgehead atoms. The Morgan fingerprint density at radius 3 is 2.16 bits per heavy atom. The summed E-state index contributed by atoms with van der Waals surface area (Å²) in [7, 11) is 1.67. The monoisotopic (exact) mass is 652 g/mol. The number of benzene rings is 2. The number of aryl methyl sites for hydroxylation is 1. The van der Waals surface area contributed by atoms with Crippen molar-refractivity contribution in [3.63, 3.8) is 0 Å². The molecule has 2 aromatic heterocycles. The van der Waals surface area contributed by atoms with Crippen LogP contribution in [-0.4, -0.2) is 55.9 Å². The topological polar surface area (TPSA) is 137 Å². The summed E-state index contributed by atoms with van der Waals surface area (Å²) in [4.78, 5) is 21.9. The molecule has 230 valence electrons. The van der Waals surface area contributed by atoms with Gasteiger partial charge in [-0.3, -0.25) is 9.48 Å². The predicted molar refractivity (Wildman–Crippen MR) is 143 cm³/mol. The maximum absolute atomic E-state index is 14.0. The van der Waals surface area contributed by atoms with Crippen molar-refractivity contribution in [2.75, 3.05) is 18.5 Å². The molecule has 0 saturated carbocycles. The third-order valence-corrected chi connectivity index (χ3v) is 5.89. The quantitative estimate of drug-likeness (QED) is 0.214. The summed E-state index contributed by atoms with van der Waals surface area (Å²) >= 11 is 12.1. The number of carboxylic acid groups (broad SMARTS) is 1. The number of alkyl halides is 6. The number of ether oxygens (including phenoxy) is 1. The van der Waals surface area contributed by atoms with Crippen LogP contribution in [0.5, 0.6) is 5.75 Å². The molecule has 0 fully saturated rings. The van der Waals surface area contributed by atoms with E-state index in [9.17, 15) is 31.1 Å². The fourth-order valence-corrected chi connectivity index (χ4v) is 3.96. The van der Waals surface area contributed by atoms with Crippen LogP contribution in [0.3, 0.4) is 0 Å². The van der Waals surface area contributed by atoms with Gasteiger partial charge in [0.15, 0.2) is 5.69 Å². The van der Waals surface area contributed by atoms with Crippen LogP contribution < -0.4 is 15.8 Å². The molecule has 18 heteroatoms. The largest absolute Gasteiger partial charge is 0.492 e. The van der Waals surface area contributed by atoms with Gasteiger partial charge in [-0.05, 0) is 42.5 Å². The number of amides is 1. The molecule has 0 aliphatic carbocycles. The van der Waals surface area contributed by atoms with Gasteiger partial charge in [-0.25, -0.2) is 9.48 Å². The molecule has 43 heavy (non-hydrogen) atoms. The van der Waals surface area contributed by atoms with Gasteiger partial charge in [-0.2, -0.15) is 36.5 Å². The molecule has 1 amide bonds. The van der Waals surface area contributed by atoms with E-state index >= 15 is 0 Å². The molecule has 2 heterocycles. The molecule has 0 unspecified atom stereocenters. The Morgan fingerprint density at radius 2 is 1.65 bits per heavy atom. The van der Waals surface area contributed by atoms with E-state index in [-0.39, 0.29) is 24.5 Å². The van der Waals surface area contributed by atoms with E-state index in [1.165, 1.54) is 47.3 Å². The van der Waals surface area contributed by atoms with Crippen molar-refractivity contribution in [1.29, 1.82) is 0 Å². The molecule has 4 rings (SSSR count). The van der Waals surface area contributed by atoms with Crippen LogP contribution in [0.15, 0.2) is 54.9 Å². The average Bonchev–Trinajstić information content (AvgIpc) is 3.52. The number of anilines is 1. The van der Waals surface area contributed by atoms with Gasteiger partial charge >= 0.3 is 18.3 Å². The second-order valence-corrected chi connectivity index (χ2v) is 9.21. The van der Waals surface area contributed by atoms with Crippen molar-refractivity contribution in [2.24, 2.45) is 12.8 Å². The minimum absolute atomic E-state index is 0.0975. The summed E-state index contributed by atoms with van der Waals surface area (Å²) in [6.07, 6.45) is -7.64. The van der Waals surface area contributed by atoms with E-state index in [0.29, 0.717) is 31.7 Å². The van der Waals surface area contributed by atoms with Crippen molar-refractivity contribution in [3.8, 4) is 22.7 Å². The van der Waals surface area contributed by atoms with E-state index in [2.05, 4.69) is 15.5 Å². The van der Waals surface area contributed by atoms with E-state index < -0.39 is 35.5 Å². The Morgan fingerprint density at radius 1 is 1.02 bits per heavy atom. The molecule has 2 aromatic carbocycles. The Hall–Kier alpha value is -4.28. The second kappa shape index (κ2) is 13.4. The first kappa shape index (κ1) is 33.2. The number of nitrogens with one attached hydrogen (secondary N) is 1. The van der Waals surface area contributed by atoms with Gasteiger partial charge < -0.3 is 20.9 Å². The summed E-state index contributed by atoms with van der Waals surface area (Å²) in [5.41, 5.74) is 4.93. The van der Waals surface area contributed by atoms with Crippen LogP contribution in [0.2, 0.25) is 10.0 Å². The molecular formula is C25H20Cl2F6N6O4. The molecule has 0 aliphatic heterocycles. The Labute approximate surface area is 248 Å². The van der Waals surface area contributed by atoms with Gasteiger partial charge in [0.1, 0.15) is 12.4 Å². The number of aliphatic carboxylic acids is 1. The van der Waals surface area contributed by atoms with Crippen LogP contribution in [0.4, 0.5) is 32.0 Å². The van der Waals surface area contributed by atoms with E-state index in [1.54, 1.807) is 13.1 Å². The Kier molecular flexibility index (Phi) is 10.3. The third kappa shape index (κ3) is 8.18. The first-order chi connectivity index (χ1) is 20.0. The highest BCUT2D eigenvalue weighted by Gasteiger charge is 2.41. The second-order valence-electron chi connectivity index (χ2n) is 8.36. The highest BCUT2D eigenvalue weighted by molar-refractivity contribution is 6.33. The molecule has 4 aromatic rings. The standard InChI is InChI=1S/C23H19Cl2F3N6O2.C2HF3O2/c1-33-20(18(25)12-30-33)16-10-14(4-7-19(16)36-9-8-29)32-22(35)17-11-31-34(21(17)23(26,27)28)15-5-2-13(24)3-6-15;3-2(4,5)1(6)7/h2-7,10-12H,8-9,29H2,1H3,(H,32,35);(H,6,7). The maximum atomic E-state index is 14.0. The lowest BCUT2D eigenvalue weighted by molar-refractivity contribution is -0.192. The Bertz CT molecular complexity index is 1580. The fourth-order valence-electron chi connectivity index (χ4n) is 3.57. The number of nitrogens with zero attached hydrogens (tertiary/aromatic N) is 4. The fraction of sp³-hybridized carbons (Fsp3) is 0.200. The highest BCUT2D eigenvalue weighted by atomic mass is 35.5. The lowest BCUT2D eigenvalue weighted by Gasteiger charge is -2.15. The van der Waals surface area contributed by atoms with Gasteiger partial charge in [0.2, 0.25) is 0 Å². The molecule has 0 radical (unpaired) electrons. The maximum Gasteiger partial charge on any atom is 0.490 e. The SMILES string of the molecule is Cn1ncc(Cl)c1-c1cc(NC(=O)c2cnn(-c3ccc(Cl)cc3)c2C(F)(F)F)ccc1OCCN.O=C(O)C(F)(F)F. The van der Waals surface area contributed by atoms with Gasteiger partial charge in [-0.1, -0.05) is 23.2 Å². The van der Waals surface area contributed by atoms with Gasteiger partial charge in [0.05, 0.1) is 34.4 Å². The van der Waals surface area contributed by atoms with Crippen molar-refractivity contribution in [3.05, 3.63) is 76.2 Å². The van der Waals surface area contributed by atoms with Gasteiger partial charge in [0, 0.05) is 29.9 Å². The zero-order chi connectivity index (χ0) is 32.1. The van der Waals surface area contributed by atoms with Crippen LogP contribution >= 0.6 is 23.2 Å². The number of nitrogens with two attached hydrogens (primary N) is 1. The summed E-state index contributed by atoms with van der Waals surface area (Å²) in [5, 5.41) is 18.2. The minimum atomic E-state index is -5.08. The lowest BCUT2D eigenvalue weighted by atomic mass is 10.1. The van der Waals surface area contributed by atoms with Crippen molar-refractivity contribution in [1.82, 2.24) is 19.6 Å². The predicted octanol–water partition coefficient (Wildman–Crippen LogP) is 5.82. The number of halogens is 8. The van der Waals surface area contributed by atoms with E-state index in [4.69, 9.17) is 43.6 Å². The molecule has 0 aliphatic rings. The molecule has 4 N–H and O–H groups in total. The first-order valence-corrected chi connectivity index (χ1v) is 12.5. The number of rotatable bonds is 7. The van der Waals surface area contributed by atoms with Crippen LogP contribution in [0.1, 0.15) is 16.1 Å². The minimum Gasteiger partial charge on any atom is -0.492 e. The van der Waals surface area contributed by atoms with Crippen molar-refractivity contribution >= 4 is 40.8 Å².